The first kappa shape index (κ1) is 10.2. The second kappa shape index (κ2) is 3.80. The van der Waals surface area contributed by atoms with E-state index in [0.29, 0.717) is 11.3 Å². The molecule has 0 radical (unpaired) electrons. The lowest BCUT2D eigenvalue weighted by Crippen LogP contribution is -2.24. The Morgan fingerprint density at radius 3 is 2.88 bits per heavy atom. The fraction of sp³-hybridized carbons (Fsp3) is 0.308. The van der Waals surface area contributed by atoms with Crippen molar-refractivity contribution in [2.24, 2.45) is 0 Å². The summed E-state index contributed by atoms with van der Waals surface area (Å²) in [5.74, 6) is -0.137. The van der Waals surface area contributed by atoms with Gasteiger partial charge in [0.25, 0.3) is 0 Å². The van der Waals surface area contributed by atoms with Crippen LogP contribution in [0.4, 0.5) is 5.69 Å². The molecule has 1 fully saturated rings. The predicted octanol–water partition coefficient (Wildman–Crippen LogP) is 2.72. The molecule has 4 heteroatoms. The molecule has 0 atom stereocenters. The predicted molar refractivity (Wildman–Crippen MR) is 63.7 cm³/mol. The van der Waals surface area contributed by atoms with Crippen molar-refractivity contribution in [1.29, 1.82) is 0 Å². The Morgan fingerprint density at radius 2 is 2.18 bits per heavy atom. The van der Waals surface area contributed by atoms with Crippen LogP contribution in [0.25, 0.3) is 11.0 Å². The molecule has 0 amide bonds. The van der Waals surface area contributed by atoms with E-state index in [1.54, 1.807) is 24.3 Å². The van der Waals surface area contributed by atoms with Crippen molar-refractivity contribution in [3.63, 3.8) is 0 Å². The van der Waals surface area contributed by atoms with Crippen LogP contribution in [0.2, 0.25) is 0 Å². The molecule has 2 aromatic rings. The number of esters is 1. The van der Waals surface area contributed by atoms with Crippen molar-refractivity contribution in [2.75, 3.05) is 5.73 Å². The van der Waals surface area contributed by atoms with Gasteiger partial charge in [-0.2, -0.15) is 0 Å². The molecule has 0 unspecified atom stereocenters. The molecule has 1 saturated carbocycles. The Labute approximate surface area is 98.3 Å². The lowest BCUT2D eigenvalue weighted by atomic mass is 9.96. The Morgan fingerprint density at radius 1 is 1.35 bits per heavy atom. The number of carbonyl (C=O) groups excluding carboxylic acids is 1. The molecule has 88 valence electrons. The number of nitrogens with two attached hydrogens (primary N) is 1. The van der Waals surface area contributed by atoms with E-state index in [0.717, 1.165) is 24.6 Å². The van der Waals surface area contributed by atoms with Gasteiger partial charge in [-0.05, 0) is 43.5 Å². The van der Waals surface area contributed by atoms with E-state index in [2.05, 4.69) is 0 Å². The first-order valence-corrected chi connectivity index (χ1v) is 5.72. The topological polar surface area (TPSA) is 65.5 Å². The second-order valence-corrected chi connectivity index (χ2v) is 4.37. The number of benzene rings is 1. The minimum Gasteiger partial charge on any atom is -0.457 e. The maximum absolute atomic E-state index is 11.8. The van der Waals surface area contributed by atoms with Crippen LogP contribution in [0.1, 0.15) is 29.8 Å². The van der Waals surface area contributed by atoms with Crippen LogP contribution in [0.5, 0.6) is 0 Å². The van der Waals surface area contributed by atoms with Crippen LogP contribution in [0.15, 0.2) is 28.7 Å². The van der Waals surface area contributed by atoms with Crippen molar-refractivity contribution in [3.05, 3.63) is 30.0 Å². The Balaban J connectivity index is 1.86. The maximum Gasteiger partial charge on any atom is 0.374 e. The molecular formula is C13H13NO3. The summed E-state index contributed by atoms with van der Waals surface area (Å²) in [6.45, 7) is 0. The largest absolute Gasteiger partial charge is 0.457 e. The summed E-state index contributed by atoms with van der Waals surface area (Å²) >= 11 is 0. The first-order valence-electron chi connectivity index (χ1n) is 5.72. The Kier molecular flexibility index (Phi) is 2.28. The molecule has 17 heavy (non-hydrogen) atoms. The quantitative estimate of drug-likeness (QED) is 0.637. The van der Waals surface area contributed by atoms with Crippen molar-refractivity contribution in [2.45, 2.75) is 25.4 Å². The molecule has 0 saturated heterocycles. The van der Waals surface area contributed by atoms with Gasteiger partial charge in [0.1, 0.15) is 11.7 Å². The highest BCUT2D eigenvalue weighted by atomic mass is 16.6. The van der Waals surface area contributed by atoms with Crippen LogP contribution >= 0.6 is 0 Å². The molecule has 0 spiro atoms. The third kappa shape index (κ3) is 1.86. The monoisotopic (exact) mass is 231 g/mol. The van der Waals surface area contributed by atoms with E-state index in [-0.39, 0.29) is 17.8 Å². The van der Waals surface area contributed by atoms with Crippen molar-refractivity contribution >= 4 is 22.6 Å². The molecular weight excluding hydrogens is 218 g/mol. The lowest BCUT2D eigenvalue weighted by molar-refractivity contribution is 0.00601. The lowest BCUT2D eigenvalue weighted by Gasteiger charge is -2.24. The summed E-state index contributed by atoms with van der Waals surface area (Å²) < 4.78 is 10.7. The molecule has 1 aromatic heterocycles. The number of carbonyl (C=O) groups is 1. The van der Waals surface area contributed by atoms with E-state index in [4.69, 9.17) is 14.9 Å². The number of ether oxygens (including phenoxy) is 1. The minimum absolute atomic E-state index is 0.0702. The van der Waals surface area contributed by atoms with Gasteiger partial charge in [0.05, 0.1) is 0 Å². The third-order valence-corrected chi connectivity index (χ3v) is 3.07. The number of anilines is 1. The summed E-state index contributed by atoms with van der Waals surface area (Å²) in [5, 5.41) is 0.825. The third-order valence-electron chi connectivity index (χ3n) is 3.07. The van der Waals surface area contributed by atoms with Gasteiger partial charge in [-0.1, -0.05) is 0 Å². The van der Waals surface area contributed by atoms with Crippen LogP contribution in [-0.4, -0.2) is 12.1 Å². The number of hydrogen-bond donors (Lipinski definition) is 1. The van der Waals surface area contributed by atoms with E-state index in [1.807, 2.05) is 0 Å². The average molecular weight is 231 g/mol. The first-order chi connectivity index (χ1) is 8.22. The van der Waals surface area contributed by atoms with Gasteiger partial charge in [0.15, 0.2) is 0 Å². The molecule has 0 aliphatic heterocycles. The highest BCUT2D eigenvalue weighted by molar-refractivity contribution is 5.93. The Bertz CT molecular complexity index is 569. The van der Waals surface area contributed by atoms with Gasteiger partial charge in [0.2, 0.25) is 5.76 Å². The van der Waals surface area contributed by atoms with Crippen molar-refractivity contribution in [3.8, 4) is 0 Å². The van der Waals surface area contributed by atoms with Gasteiger partial charge in [-0.3, -0.25) is 0 Å². The number of hydrogen-bond acceptors (Lipinski definition) is 4. The van der Waals surface area contributed by atoms with Gasteiger partial charge in [0, 0.05) is 11.1 Å². The van der Waals surface area contributed by atoms with Gasteiger partial charge < -0.3 is 14.9 Å². The van der Waals surface area contributed by atoms with Crippen molar-refractivity contribution in [1.82, 2.24) is 0 Å². The summed E-state index contributed by atoms with van der Waals surface area (Å²) in [4.78, 5) is 11.8. The zero-order chi connectivity index (χ0) is 11.8. The van der Waals surface area contributed by atoms with E-state index in [9.17, 15) is 4.79 Å². The smallest absolute Gasteiger partial charge is 0.374 e. The van der Waals surface area contributed by atoms with Crippen molar-refractivity contribution < 1.29 is 13.9 Å². The number of nitrogen functional groups attached to an aromatic ring is 1. The summed E-state index contributed by atoms with van der Waals surface area (Å²) in [7, 11) is 0. The zero-order valence-corrected chi connectivity index (χ0v) is 9.31. The standard InChI is InChI=1S/C13H13NO3/c14-9-4-5-11-8(6-9)7-12(17-11)13(15)16-10-2-1-3-10/h4-7,10H,1-3,14H2. The molecule has 1 aliphatic rings. The highest BCUT2D eigenvalue weighted by Gasteiger charge is 2.24. The minimum atomic E-state index is -0.385. The van der Waals surface area contributed by atoms with Crippen LogP contribution in [-0.2, 0) is 4.74 Å². The molecule has 1 aromatic carbocycles. The normalized spacial score (nSPS) is 15.8. The van der Waals surface area contributed by atoms with Crippen LogP contribution in [0.3, 0.4) is 0 Å². The number of rotatable bonds is 2. The number of furan rings is 1. The summed E-state index contributed by atoms with van der Waals surface area (Å²) in [6.07, 6.45) is 3.12. The average Bonchev–Trinajstić information content (AvgIpc) is 2.65. The van der Waals surface area contributed by atoms with Crippen LogP contribution in [0, 0.1) is 0 Å². The van der Waals surface area contributed by atoms with Gasteiger partial charge in [-0.25, -0.2) is 4.79 Å². The number of fused-ring (bicyclic) bond motifs is 1. The molecule has 2 N–H and O–H groups in total. The molecule has 3 rings (SSSR count). The van der Waals surface area contributed by atoms with Crippen LogP contribution < -0.4 is 5.73 Å². The molecule has 1 aliphatic carbocycles. The van der Waals surface area contributed by atoms with E-state index in [1.165, 1.54) is 0 Å². The summed E-state index contributed by atoms with van der Waals surface area (Å²) in [6, 6.07) is 6.95. The second-order valence-electron chi connectivity index (χ2n) is 4.37. The van der Waals surface area contributed by atoms with Gasteiger partial charge in [-0.15, -0.1) is 0 Å². The maximum atomic E-state index is 11.8. The summed E-state index contributed by atoms with van der Waals surface area (Å²) in [5.41, 5.74) is 6.97. The fourth-order valence-corrected chi connectivity index (χ4v) is 1.86. The SMILES string of the molecule is Nc1ccc2oc(C(=O)OC3CCC3)cc2c1. The van der Waals surface area contributed by atoms with E-state index >= 15 is 0 Å². The molecule has 0 bridgehead atoms. The zero-order valence-electron chi connectivity index (χ0n) is 9.31. The van der Waals surface area contributed by atoms with Gasteiger partial charge >= 0.3 is 5.97 Å². The molecule has 1 heterocycles. The van der Waals surface area contributed by atoms with E-state index < -0.39 is 0 Å². The Hall–Kier alpha value is -1.97. The highest BCUT2D eigenvalue weighted by Crippen LogP contribution is 2.26. The molecule has 4 nitrogen and oxygen atoms in total. The fourth-order valence-electron chi connectivity index (χ4n) is 1.86.